The van der Waals surface area contributed by atoms with Crippen LogP contribution in [0.25, 0.3) is 87.3 Å². The van der Waals surface area contributed by atoms with Crippen LogP contribution >= 0.6 is 11.3 Å². The summed E-state index contributed by atoms with van der Waals surface area (Å²) in [7, 11) is 0. The Balaban J connectivity index is 1.05. The number of hydrogen-bond donors (Lipinski definition) is 0. The lowest BCUT2D eigenvalue weighted by Crippen LogP contribution is -2.01. The Labute approximate surface area is 304 Å². The van der Waals surface area contributed by atoms with Crippen molar-refractivity contribution in [2.45, 2.75) is 25.2 Å². The normalized spacial score (nSPS) is 15.6. The van der Waals surface area contributed by atoms with Gasteiger partial charge in [-0.3, -0.25) is 0 Å². The van der Waals surface area contributed by atoms with E-state index in [1.807, 2.05) is 0 Å². The van der Waals surface area contributed by atoms with Gasteiger partial charge in [-0.1, -0.05) is 127 Å². The maximum atomic E-state index is 6.65. The van der Waals surface area contributed by atoms with Crippen molar-refractivity contribution in [3.8, 4) is 22.6 Å². The number of aromatic nitrogens is 2. The number of nitrogens with zero attached hydrogens (tertiary/aromatic N) is 2. The average molecular weight is 685 g/mol. The second-order valence-corrected chi connectivity index (χ2v) is 15.0. The molecule has 0 N–H and O–H groups in total. The highest BCUT2D eigenvalue weighted by Crippen LogP contribution is 2.43. The van der Waals surface area contributed by atoms with Crippen molar-refractivity contribution < 1.29 is 4.42 Å². The summed E-state index contributed by atoms with van der Waals surface area (Å²) in [6.45, 7) is 0. The Morgan fingerprint density at radius 3 is 2.40 bits per heavy atom. The third-order valence-electron chi connectivity index (χ3n) is 10.9. The number of allylic oxidation sites excluding steroid dienone is 5. The minimum Gasteiger partial charge on any atom is -0.455 e. The van der Waals surface area contributed by atoms with Gasteiger partial charge >= 0.3 is 0 Å². The molecule has 3 nitrogen and oxygen atoms in total. The van der Waals surface area contributed by atoms with E-state index >= 15 is 0 Å². The van der Waals surface area contributed by atoms with E-state index in [-0.39, 0.29) is 0 Å². The quantitative estimate of drug-likeness (QED) is 0.185. The highest BCUT2D eigenvalue weighted by atomic mass is 32.1. The third-order valence-corrected chi connectivity index (χ3v) is 12.1. The predicted molar refractivity (Wildman–Crippen MR) is 219 cm³/mol. The lowest BCUT2D eigenvalue weighted by atomic mass is 9.85. The van der Waals surface area contributed by atoms with Gasteiger partial charge in [0.15, 0.2) is 5.82 Å². The summed E-state index contributed by atoms with van der Waals surface area (Å²) in [6.07, 6.45) is 14.9. The van der Waals surface area contributed by atoms with Crippen molar-refractivity contribution in [2.24, 2.45) is 0 Å². The van der Waals surface area contributed by atoms with Crippen LogP contribution in [0.5, 0.6) is 0 Å². The van der Waals surface area contributed by atoms with E-state index in [9.17, 15) is 0 Å². The summed E-state index contributed by atoms with van der Waals surface area (Å²) in [5.41, 5.74) is 12.5. The van der Waals surface area contributed by atoms with E-state index in [1.54, 1.807) is 11.3 Å². The second kappa shape index (κ2) is 11.7. The molecule has 3 heterocycles. The van der Waals surface area contributed by atoms with Gasteiger partial charge < -0.3 is 4.42 Å². The summed E-state index contributed by atoms with van der Waals surface area (Å²) in [5, 5.41) is 5.47. The molecule has 0 saturated heterocycles. The lowest BCUT2D eigenvalue weighted by molar-refractivity contribution is 0.672. The molecule has 246 valence electrons. The van der Waals surface area contributed by atoms with Crippen LogP contribution in [-0.4, -0.2) is 9.97 Å². The Morgan fingerprint density at radius 2 is 1.52 bits per heavy atom. The topological polar surface area (TPSA) is 38.9 Å². The van der Waals surface area contributed by atoms with Crippen LogP contribution in [0.4, 0.5) is 0 Å². The molecule has 6 aromatic carbocycles. The molecule has 0 saturated carbocycles. The monoisotopic (exact) mass is 684 g/mol. The number of aryl methyl sites for hydroxylation is 1. The van der Waals surface area contributed by atoms with Gasteiger partial charge in [0.05, 0.1) is 15.9 Å². The van der Waals surface area contributed by atoms with Gasteiger partial charge in [-0.25, -0.2) is 9.97 Å². The molecule has 2 aliphatic carbocycles. The van der Waals surface area contributed by atoms with E-state index in [4.69, 9.17) is 14.4 Å². The molecule has 1 atom stereocenters. The number of furan rings is 1. The fourth-order valence-electron chi connectivity index (χ4n) is 8.22. The molecule has 0 aliphatic heterocycles. The standard InChI is InChI=1S/C48H32N2OS/c1-2-11-32(12-3-1)44-47-45(38-16-8-9-17-43(38)52-47)50-48(49-44)41-28-40-39-27-35(24-25-42(39)51-46(40)37-15-7-6-14-36(37)41)31-20-18-30(19-21-31)34-23-22-29-10-4-5-13-33(29)26-34/h1-3,5-9,11-18,20-28,30H,4,10,19H2. The molecule has 0 amide bonds. The summed E-state index contributed by atoms with van der Waals surface area (Å²) < 4.78 is 8.97. The van der Waals surface area contributed by atoms with Gasteiger partial charge in [-0.05, 0) is 76.7 Å². The zero-order chi connectivity index (χ0) is 34.2. The van der Waals surface area contributed by atoms with Crippen LogP contribution in [0.2, 0.25) is 0 Å². The van der Waals surface area contributed by atoms with Crippen molar-refractivity contribution in [1.29, 1.82) is 0 Å². The van der Waals surface area contributed by atoms with Crippen LogP contribution in [-0.2, 0) is 6.42 Å². The molecule has 0 spiro atoms. The van der Waals surface area contributed by atoms with Crippen molar-refractivity contribution in [3.63, 3.8) is 0 Å². The zero-order valence-corrected chi connectivity index (χ0v) is 29.2. The van der Waals surface area contributed by atoms with Gasteiger partial charge in [0, 0.05) is 43.3 Å². The molecule has 0 fully saturated rings. The molecule has 4 heteroatoms. The molecule has 0 bridgehead atoms. The number of thiophene rings is 1. The number of rotatable bonds is 4. The molecule has 1 unspecified atom stereocenters. The first-order valence-corrected chi connectivity index (χ1v) is 18.9. The van der Waals surface area contributed by atoms with Crippen LogP contribution in [0.1, 0.15) is 41.0 Å². The van der Waals surface area contributed by atoms with Crippen molar-refractivity contribution in [2.75, 3.05) is 0 Å². The Kier molecular flexibility index (Phi) is 6.68. The minimum absolute atomic E-state index is 0.384. The molecule has 3 aromatic heterocycles. The predicted octanol–water partition coefficient (Wildman–Crippen LogP) is 13.3. The smallest absolute Gasteiger partial charge is 0.161 e. The third kappa shape index (κ3) is 4.72. The van der Waals surface area contributed by atoms with E-state index in [0.717, 1.165) is 90.2 Å². The fourth-order valence-corrected chi connectivity index (χ4v) is 9.38. The minimum atomic E-state index is 0.384. The molecule has 0 radical (unpaired) electrons. The summed E-state index contributed by atoms with van der Waals surface area (Å²) in [6, 6.07) is 43.4. The van der Waals surface area contributed by atoms with Crippen molar-refractivity contribution in [1.82, 2.24) is 9.97 Å². The number of hydrogen-bond acceptors (Lipinski definition) is 4. The molecule has 52 heavy (non-hydrogen) atoms. The van der Waals surface area contributed by atoms with Gasteiger partial charge in [-0.15, -0.1) is 11.3 Å². The van der Waals surface area contributed by atoms with Gasteiger partial charge in [-0.2, -0.15) is 0 Å². The highest BCUT2D eigenvalue weighted by Gasteiger charge is 2.21. The van der Waals surface area contributed by atoms with Gasteiger partial charge in [0.2, 0.25) is 0 Å². The fraction of sp³-hybridized carbons (Fsp3) is 0.0833. The van der Waals surface area contributed by atoms with Gasteiger partial charge in [0.25, 0.3) is 0 Å². The van der Waals surface area contributed by atoms with Crippen LogP contribution in [0, 0.1) is 0 Å². The largest absolute Gasteiger partial charge is 0.455 e. The summed E-state index contributed by atoms with van der Waals surface area (Å²) >= 11 is 1.76. The van der Waals surface area contributed by atoms with Crippen molar-refractivity contribution in [3.05, 3.63) is 168 Å². The number of fused-ring (bicyclic) bond motifs is 9. The highest BCUT2D eigenvalue weighted by molar-refractivity contribution is 7.26. The number of benzene rings is 6. The first-order valence-electron chi connectivity index (χ1n) is 18.1. The van der Waals surface area contributed by atoms with E-state index in [1.165, 1.54) is 32.5 Å². The maximum Gasteiger partial charge on any atom is 0.161 e. The van der Waals surface area contributed by atoms with Gasteiger partial charge in [0.1, 0.15) is 11.2 Å². The lowest BCUT2D eigenvalue weighted by Gasteiger charge is -2.19. The molecular formula is C48H32N2OS. The molecular weight excluding hydrogens is 653 g/mol. The first-order chi connectivity index (χ1) is 25.7. The van der Waals surface area contributed by atoms with Crippen molar-refractivity contribution >= 4 is 76.0 Å². The van der Waals surface area contributed by atoms with Crippen LogP contribution in [0.15, 0.2) is 150 Å². The Hall–Kier alpha value is -6.10. The molecule has 9 aromatic rings. The van der Waals surface area contributed by atoms with E-state index in [0.29, 0.717) is 5.92 Å². The molecule has 2 aliphatic rings. The van der Waals surface area contributed by atoms with E-state index < -0.39 is 0 Å². The van der Waals surface area contributed by atoms with Crippen LogP contribution in [0.3, 0.4) is 0 Å². The molecule has 11 rings (SSSR count). The maximum absolute atomic E-state index is 6.65. The average Bonchev–Trinajstić information content (AvgIpc) is 3.78. The van der Waals surface area contributed by atoms with E-state index in [2.05, 4.69) is 152 Å². The first kappa shape index (κ1) is 29.6. The zero-order valence-electron chi connectivity index (χ0n) is 28.3. The Morgan fingerprint density at radius 1 is 0.673 bits per heavy atom. The summed E-state index contributed by atoms with van der Waals surface area (Å²) in [5.74, 6) is 1.11. The van der Waals surface area contributed by atoms with Crippen LogP contribution < -0.4 is 0 Å². The Bertz CT molecular complexity index is 3000. The second-order valence-electron chi connectivity index (χ2n) is 14.0. The summed E-state index contributed by atoms with van der Waals surface area (Å²) in [4.78, 5) is 10.7. The SMILES string of the molecule is C1=Cc2cc(C3C=CC(c4ccc5oc6c7ccccc7c(-c7nc(-c8ccccc8)c8sc9ccccc9c8n7)cc6c5c4)=CC3)ccc2CC1.